The number of hydrogen-bond acceptors (Lipinski definition) is 21. The molecule has 2 aromatic heterocycles. The first-order chi connectivity index (χ1) is 43.0. The topological polar surface area (TPSA) is 515 Å². The third kappa shape index (κ3) is 20.6. The van der Waals surface area contributed by atoms with Crippen molar-refractivity contribution in [3.63, 3.8) is 0 Å². The Morgan fingerprint density at radius 2 is 0.889 bits per heavy atom. The molecular formula is C55H75N15O18S2. The first kappa shape index (κ1) is 71.9. The molecule has 33 nitrogen and oxygen atoms in total. The molecule has 2 aromatic carbocycles. The Morgan fingerprint density at radius 3 is 1.36 bits per heavy atom. The Morgan fingerprint density at radius 1 is 0.478 bits per heavy atom. The van der Waals surface area contributed by atoms with Crippen LogP contribution in [0.1, 0.15) is 37.1 Å². The Balaban J connectivity index is 1.51. The van der Waals surface area contributed by atoms with E-state index in [-0.39, 0.29) is 37.1 Å². The molecule has 20 N–H and O–H groups in total. The van der Waals surface area contributed by atoms with Crippen molar-refractivity contribution >= 4 is 107 Å². The van der Waals surface area contributed by atoms with Crippen molar-refractivity contribution in [3.8, 4) is 5.75 Å². The molecule has 0 spiro atoms. The number of nitrogens with one attached hydrogen (secondary N) is 14. The number of hydrogen-bond donors (Lipinski definition) is 22. The molecule has 4 aromatic rings. The Kier molecular flexibility index (Phi) is 28.2. The van der Waals surface area contributed by atoms with Crippen LogP contribution in [0.4, 0.5) is 0 Å². The van der Waals surface area contributed by atoms with E-state index in [0.29, 0.717) is 22.0 Å². The number of H-pyrrole nitrogens is 2. The van der Waals surface area contributed by atoms with Gasteiger partial charge in [0.2, 0.25) is 70.9 Å². The maximum absolute atomic E-state index is 14.5. The molecule has 1 aliphatic rings. The average molecular weight is 1300 g/mol. The van der Waals surface area contributed by atoms with E-state index >= 15 is 0 Å². The lowest BCUT2D eigenvalue weighted by atomic mass is 9.96. The molecule has 12 atom stereocenters. The number of aliphatic hydroxyl groups excluding tert-OH is 5. The minimum atomic E-state index is -1.92. The standard InChI is InChI=1S/C55H75N15O18S2/c1-3-26(2)44-55(88)67-40(22-75)49(82)62-34(13-28-15-57-32-7-5-4-6-31(28)32)46(79)68-42(24-90)54(87)66-38(20-73)51(84)65-37(19-72)50(83)63-36(18-71)45(78)58-17-43(77)60-35(14-29-16-56-25-59-29)47(80)64-39(21-74)52(85)69-41(23-89)53(86)61-33(48(81)70-44)12-27-8-10-30(76)11-9-27/h4-11,15-16,25-26,33-42,44,57,71-76,89-90H,3,12-14,17-24H2,1-2H3,(H,56,59)(H,58,78)(H,60,77)(H,61,86)(H,62,82)(H,63,83)(H,64,80)(H,65,84)(H,66,87)(H,67,88)(H,68,79)(H,69,85)(H,70,81)/t26-,33-,34-,35-,36-,37-,38-,39-,40-,41-,42-,44-/m0/s1. The van der Waals surface area contributed by atoms with Crippen molar-refractivity contribution in [2.75, 3.05) is 51.1 Å². The minimum absolute atomic E-state index is 0.144. The predicted octanol–water partition coefficient (Wildman–Crippen LogP) is -8.05. The number of nitrogens with zero attached hydrogens (tertiary/aromatic N) is 1. The summed E-state index contributed by atoms with van der Waals surface area (Å²) in [7, 11) is 0. The number of carbonyl (C=O) groups excluding carboxylic acids is 12. The highest BCUT2D eigenvalue weighted by molar-refractivity contribution is 7.80. The lowest BCUT2D eigenvalue weighted by Crippen LogP contribution is -2.63. The number of imidazole rings is 1. The predicted molar refractivity (Wildman–Crippen MR) is 323 cm³/mol. The fourth-order valence-electron chi connectivity index (χ4n) is 8.92. The fraction of sp³-hybridized carbons (Fsp3) is 0.473. The van der Waals surface area contributed by atoms with Gasteiger partial charge >= 0.3 is 0 Å². The summed E-state index contributed by atoms with van der Waals surface area (Å²) < 4.78 is 0. The van der Waals surface area contributed by atoms with E-state index in [2.05, 4.69) is 104 Å². The van der Waals surface area contributed by atoms with E-state index in [4.69, 9.17) is 0 Å². The zero-order valence-electron chi connectivity index (χ0n) is 48.7. The van der Waals surface area contributed by atoms with Crippen LogP contribution in [0.15, 0.2) is 67.3 Å². The summed E-state index contributed by atoms with van der Waals surface area (Å²) in [6.07, 6.45) is 3.38. The number of rotatable bonds is 15. The second-order valence-electron chi connectivity index (χ2n) is 20.8. The third-order valence-electron chi connectivity index (χ3n) is 14.3. The van der Waals surface area contributed by atoms with Crippen molar-refractivity contribution in [3.05, 3.63) is 84.1 Å². The van der Waals surface area contributed by atoms with Crippen molar-refractivity contribution in [2.24, 2.45) is 5.92 Å². The van der Waals surface area contributed by atoms with Crippen LogP contribution in [-0.4, -0.2) is 234 Å². The summed E-state index contributed by atoms with van der Waals surface area (Å²) >= 11 is 8.42. The van der Waals surface area contributed by atoms with Gasteiger partial charge in [-0.25, -0.2) is 4.98 Å². The monoisotopic (exact) mass is 1300 g/mol. The molecular weight excluding hydrogens is 1220 g/mol. The highest BCUT2D eigenvalue weighted by atomic mass is 32.1. The molecule has 3 heterocycles. The number of benzene rings is 2. The number of carbonyl (C=O) groups is 12. The number of aromatic hydroxyl groups is 1. The maximum Gasteiger partial charge on any atom is 0.245 e. The number of aromatic nitrogens is 3. The average Bonchev–Trinajstić information content (AvgIpc) is 2.75. The highest BCUT2D eigenvalue weighted by Crippen LogP contribution is 2.20. The van der Waals surface area contributed by atoms with Crippen LogP contribution in [0.5, 0.6) is 5.75 Å². The van der Waals surface area contributed by atoms with Gasteiger partial charge < -0.3 is 104 Å². The molecule has 0 bridgehead atoms. The Bertz CT molecular complexity index is 3160. The highest BCUT2D eigenvalue weighted by Gasteiger charge is 2.38. The molecule has 5 rings (SSSR count). The van der Waals surface area contributed by atoms with E-state index in [0.717, 1.165) is 0 Å². The quantitative estimate of drug-likeness (QED) is 0.0492. The van der Waals surface area contributed by atoms with Gasteiger partial charge in [-0.2, -0.15) is 25.3 Å². The zero-order chi connectivity index (χ0) is 66.2. The largest absolute Gasteiger partial charge is 0.508 e. The van der Waals surface area contributed by atoms with E-state index in [9.17, 15) is 88.2 Å². The molecule has 1 saturated heterocycles. The van der Waals surface area contributed by atoms with Crippen LogP contribution in [0.2, 0.25) is 0 Å². The molecule has 90 heavy (non-hydrogen) atoms. The van der Waals surface area contributed by atoms with Crippen LogP contribution in [0.25, 0.3) is 10.9 Å². The molecule has 0 unspecified atom stereocenters. The lowest BCUT2D eigenvalue weighted by molar-refractivity contribution is -0.137. The summed E-state index contributed by atoms with van der Waals surface area (Å²) in [6.45, 7) is -3.27. The minimum Gasteiger partial charge on any atom is -0.508 e. The molecule has 1 fully saturated rings. The number of amides is 12. The number of fused-ring (bicyclic) bond motifs is 1. The summed E-state index contributed by atoms with van der Waals surface area (Å²) in [5.74, 6) is -15.3. The van der Waals surface area contributed by atoms with E-state index in [1.807, 2.05) is 0 Å². The molecule has 35 heteroatoms. The molecule has 0 aliphatic carbocycles. The van der Waals surface area contributed by atoms with Gasteiger partial charge in [0.15, 0.2) is 0 Å². The fourth-order valence-corrected chi connectivity index (χ4v) is 9.44. The van der Waals surface area contributed by atoms with Gasteiger partial charge in [-0.1, -0.05) is 50.6 Å². The number of thiol groups is 2. The summed E-state index contributed by atoms with van der Waals surface area (Å²) in [5, 5.41) is 90.0. The second kappa shape index (κ2) is 35.4. The van der Waals surface area contributed by atoms with Crippen molar-refractivity contribution in [2.45, 2.75) is 106 Å². The smallest absolute Gasteiger partial charge is 0.245 e. The van der Waals surface area contributed by atoms with Crippen LogP contribution in [0, 0.1) is 5.92 Å². The number of aromatic amines is 2. The van der Waals surface area contributed by atoms with E-state index in [1.54, 1.807) is 44.3 Å². The first-order valence-corrected chi connectivity index (χ1v) is 29.4. The Labute approximate surface area is 524 Å². The van der Waals surface area contributed by atoms with Gasteiger partial charge in [0, 0.05) is 59.8 Å². The SMILES string of the molecule is CC[C@H](C)[C@@H]1NC(=O)[C@H](Cc2ccc(O)cc2)NC(=O)[C@H](CS)NC(=O)[C@H](CO)NC(=O)[C@H](Cc2cnc[nH]2)NC(=O)CNC(=O)[C@H](CO)NC(=O)[C@H](CO)NC(=O)[C@H](CO)NC(=O)[C@H](CS)NC(=O)[C@H](Cc2c[nH]c3ccccc23)NC(=O)[C@H](CO)NC1=O. The van der Waals surface area contributed by atoms with Crippen molar-refractivity contribution in [1.29, 1.82) is 0 Å². The number of para-hydroxylation sites is 1. The third-order valence-corrected chi connectivity index (χ3v) is 15.0. The summed E-state index contributed by atoms with van der Waals surface area (Å²) in [5.41, 5.74) is 1.74. The van der Waals surface area contributed by atoms with E-state index in [1.165, 1.54) is 36.8 Å². The van der Waals surface area contributed by atoms with Gasteiger partial charge in [0.05, 0.1) is 45.9 Å². The molecule has 12 amide bonds. The Hall–Kier alpha value is -8.87. The number of aliphatic hydroxyl groups is 5. The number of phenolic OH excluding ortho intramolecular Hbond substituents is 1. The van der Waals surface area contributed by atoms with Crippen LogP contribution >= 0.6 is 25.3 Å². The van der Waals surface area contributed by atoms with Gasteiger partial charge in [-0.15, -0.1) is 0 Å². The van der Waals surface area contributed by atoms with Gasteiger partial charge in [-0.3, -0.25) is 57.5 Å². The summed E-state index contributed by atoms with van der Waals surface area (Å²) in [4.78, 5) is 176. The molecule has 0 radical (unpaired) electrons. The first-order valence-electron chi connectivity index (χ1n) is 28.2. The second-order valence-corrected chi connectivity index (χ2v) is 21.5. The van der Waals surface area contributed by atoms with Gasteiger partial charge in [-0.05, 0) is 35.2 Å². The van der Waals surface area contributed by atoms with Crippen LogP contribution < -0.4 is 63.8 Å². The summed E-state index contributed by atoms with van der Waals surface area (Å²) in [6, 6.07) is -6.51. The molecule has 0 saturated carbocycles. The van der Waals surface area contributed by atoms with Crippen molar-refractivity contribution in [1.82, 2.24) is 78.8 Å². The maximum atomic E-state index is 14.5. The van der Waals surface area contributed by atoms with Crippen LogP contribution in [0.3, 0.4) is 0 Å². The van der Waals surface area contributed by atoms with E-state index < -0.39 is 194 Å². The van der Waals surface area contributed by atoms with Gasteiger partial charge in [0.25, 0.3) is 0 Å². The number of phenols is 1. The van der Waals surface area contributed by atoms with Crippen molar-refractivity contribution < 1.29 is 88.2 Å². The normalized spacial score (nSPS) is 25.5. The molecule has 490 valence electrons. The zero-order valence-corrected chi connectivity index (χ0v) is 50.5. The molecule has 1 aliphatic heterocycles. The lowest BCUT2D eigenvalue weighted by Gasteiger charge is -2.29. The van der Waals surface area contributed by atoms with Gasteiger partial charge in [0.1, 0.15) is 72.2 Å². The van der Waals surface area contributed by atoms with Crippen LogP contribution in [-0.2, 0) is 76.8 Å².